The topological polar surface area (TPSA) is 121 Å². The standard InChI is InChI=1S/C20H21N5O4/c1-11-7-12(2)18(13(3)8-11)21-17(26)10-24(4)20(27)19-15-9-14(25(28)29)5-6-16(15)22-23-19/h5-9H,10H2,1-4H3,(H,21,26)(H,22,23). The van der Waals surface area contributed by atoms with Crippen LogP contribution in [0.1, 0.15) is 27.2 Å². The Morgan fingerprint density at radius 1 is 1.17 bits per heavy atom. The number of aromatic amines is 1. The number of amides is 2. The molecular formula is C20H21N5O4. The molecule has 0 unspecified atom stereocenters. The summed E-state index contributed by atoms with van der Waals surface area (Å²) in [5, 5.41) is 20.8. The van der Waals surface area contributed by atoms with E-state index in [0.717, 1.165) is 22.4 Å². The van der Waals surface area contributed by atoms with E-state index in [4.69, 9.17) is 0 Å². The Bertz CT molecular complexity index is 1110. The van der Waals surface area contributed by atoms with E-state index in [1.807, 2.05) is 32.9 Å². The molecule has 2 amide bonds. The minimum absolute atomic E-state index is 0.0293. The first-order valence-electron chi connectivity index (χ1n) is 8.93. The predicted octanol–water partition coefficient (Wildman–Crippen LogP) is 3.11. The molecule has 9 nitrogen and oxygen atoms in total. The van der Waals surface area contributed by atoms with Gasteiger partial charge in [-0.3, -0.25) is 24.8 Å². The largest absolute Gasteiger partial charge is 0.331 e. The molecule has 3 rings (SSSR count). The van der Waals surface area contributed by atoms with Gasteiger partial charge >= 0.3 is 0 Å². The number of aromatic nitrogens is 2. The molecule has 2 aromatic carbocycles. The number of nitrogens with one attached hydrogen (secondary N) is 2. The molecule has 1 heterocycles. The molecule has 1 aromatic heterocycles. The molecule has 0 radical (unpaired) electrons. The van der Waals surface area contributed by atoms with Crippen LogP contribution in [0.5, 0.6) is 0 Å². The van der Waals surface area contributed by atoms with Gasteiger partial charge in [0.1, 0.15) is 0 Å². The van der Waals surface area contributed by atoms with E-state index in [2.05, 4.69) is 15.5 Å². The van der Waals surface area contributed by atoms with Crippen molar-refractivity contribution in [1.82, 2.24) is 15.1 Å². The Kier molecular flexibility index (Phi) is 5.31. The van der Waals surface area contributed by atoms with E-state index < -0.39 is 10.8 Å². The first kappa shape index (κ1) is 20.0. The summed E-state index contributed by atoms with van der Waals surface area (Å²) in [5.74, 6) is -0.856. The van der Waals surface area contributed by atoms with E-state index in [9.17, 15) is 19.7 Å². The zero-order valence-electron chi connectivity index (χ0n) is 16.6. The predicted molar refractivity (Wildman–Crippen MR) is 109 cm³/mol. The third-order valence-corrected chi connectivity index (χ3v) is 4.63. The number of rotatable bonds is 5. The summed E-state index contributed by atoms with van der Waals surface area (Å²) in [6, 6.07) is 8.06. The Hall–Kier alpha value is -3.75. The zero-order valence-corrected chi connectivity index (χ0v) is 16.6. The summed E-state index contributed by atoms with van der Waals surface area (Å²) in [7, 11) is 1.48. The second-order valence-corrected chi connectivity index (χ2v) is 7.04. The van der Waals surface area contributed by atoms with Gasteiger partial charge in [0.25, 0.3) is 11.6 Å². The van der Waals surface area contributed by atoms with Gasteiger partial charge < -0.3 is 10.2 Å². The SMILES string of the molecule is Cc1cc(C)c(NC(=O)CN(C)C(=O)c2n[nH]c3ccc([N+](=O)[O-])cc23)c(C)c1. The molecule has 0 saturated carbocycles. The number of anilines is 1. The van der Waals surface area contributed by atoms with Gasteiger partial charge in [-0.15, -0.1) is 0 Å². The smallest absolute Gasteiger partial charge is 0.275 e. The molecule has 0 aliphatic heterocycles. The molecule has 0 aliphatic rings. The van der Waals surface area contributed by atoms with Crippen molar-refractivity contribution in [3.05, 3.63) is 62.8 Å². The van der Waals surface area contributed by atoms with E-state index in [1.165, 1.54) is 30.1 Å². The number of fused-ring (bicyclic) bond motifs is 1. The monoisotopic (exact) mass is 395 g/mol. The number of hydrogen-bond acceptors (Lipinski definition) is 5. The number of carbonyl (C=O) groups is 2. The molecule has 29 heavy (non-hydrogen) atoms. The fraction of sp³-hybridized carbons (Fsp3) is 0.250. The van der Waals surface area contributed by atoms with Crippen LogP contribution < -0.4 is 5.32 Å². The molecule has 0 atom stereocenters. The summed E-state index contributed by atoms with van der Waals surface area (Å²) in [6.07, 6.45) is 0. The fourth-order valence-corrected chi connectivity index (χ4v) is 3.30. The lowest BCUT2D eigenvalue weighted by atomic mass is 10.1. The highest BCUT2D eigenvalue weighted by Gasteiger charge is 2.22. The Morgan fingerprint density at radius 3 is 2.45 bits per heavy atom. The number of likely N-dealkylation sites (N-methyl/N-ethyl adjacent to an activating group) is 1. The summed E-state index contributed by atoms with van der Waals surface area (Å²) < 4.78 is 0. The highest BCUT2D eigenvalue weighted by Crippen LogP contribution is 2.24. The van der Waals surface area contributed by atoms with Crippen LogP contribution in [-0.4, -0.2) is 45.4 Å². The van der Waals surface area contributed by atoms with Gasteiger partial charge in [-0.1, -0.05) is 17.7 Å². The van der Waals surface area contributed by atoms with Crippen molar-refractivity contribution in [1.29, 1.82) is 0 Å². The number of benzene rings is 2. The molecule has 0 spiro atoms. The highest BCUT2D eigenvalue weighted by atomic mass is 16.6. The maximum Gasteiger partial charge on any atom is 0.275 e. The van der Waals surface area contributed by atoms with Crippen LogP contribution >= 0.6 is 0 Å². The first-order chi connectivity index (χ1) is 13.7. The lowest BCUT2D eigenvalue weighted by molar-refractivity contribution is -0.384. The van der Waals surface area contributed by atoms with E-state index in [0.29, 0.717) is 10.9 Å². The molecule has 9 heteroatoms. The molecule has 2 N–H and O–H groups in total. The highest BCUT2D eigenvalue weighted by molar-refractivity contribution is 6.06. The van der Waals surface area contributed by atoms with Crippen LogP contribution in [0.15, 0.2) is 30.3 Å². The van der Waals surface area contributed by atoms with Gasteiger partial charge in [-0.05, 0) is 38.0 Å². The molecule has 0 fully saturated rings. The zero-order chi connectivity index (χ0) is 21.3. The molecular weight excluding hydrogens is 374 g/mol. The number of aryl methyl sites for hydroxylation is 3. The summed E-state index contributed by atoms with van der Waals surface area (Å²) in [5.41, 5.74) is 4.10. The number of carbonyl (C=O) groups excluding carboxylic acids is 2. The Morgan fingerprint density at radius 2 is 1.83 bits per heavy atom. The van der Waals surface area contributed by atoms with E-state index >= 15 is 0 Å². The Labute approximate surface area is 166 Å². The van der Waals surface area contributed by atoms with Crippen LogP contribution in [0.3, 0.4) is 0 Å². The number of non-ortho nitro benzene ring substituents is 1. The van der Waals surface area contributed by atoms with Gasteiger partial charge in [0.2, 0.25) is 5.91 Å². The van der Waals surface area contributed by atoms with Gasteiger partial charge in [-0.25, -0.2) is 0 Å². The van der Waals surface area contributed by atoms with Gasteiger partial charge in [0.05, 0.1) is 17.0 Å². The Balaban J connectivity index is 1.77. The van der Waals surface area contributed by atoms with Gasteiger partial charge in [0.15, 0.2) is 5.69 Å². The molecule has 0 aliphatic carbocycles. The minimum atomic E-state index is -0.538. The van der Waals surface area contributed by atoms with Crippen LogP contribution in [0, 0.1) is 30.9 Å². The minimum Gasteiger partial charge on any atom is -0.331 e. The van der Waals surface area contributed by atoms with Gasteiger partial charge in [0, 0.05) is 30.3 Å². The van der Waals surface area contributed by atoms with Crippen molar-refractivity contribution >= 4 is 34.1 Å². The molecule has 3 aromatic rings. The molecule has 150 valence electrons. The average molecular weight is 395 g/mol. The number of H-pyrrole nitrogens is 1. The van der Waals surface area contributed by atoms with E-state index in [-0.39, 0.29) is 23.8 Å². The number of hydrogen-bond donors (Lipinski definition) is 2. The van der Waals surface area contributed by atoms with Crippen molar-refractivity contribution in [2.24, 2.45) is 0 Å². The lowest BCUT2D eigenvalue weighted by Gasteiger charge is -2.18. The van der Waals surface area contributed by atoms with Crippen molar-refractivity contribution in [3.8, 4) is 0 Å². The first-order valence-corrected chi connectivity index (χ1v) is 8.93. The second kappa shape index (κ2) is 7.70. The molecule has 0 saturated heterocycles. The number of nitro benzene ring substituents is 1. The maximum atomic E-state index is 12.8. The second-order valence-electron chi connectivity index (χ2n) is 7.04. The third kappa shape index (κ3) is 4.08. The summed E-state index contributed by atoms with van der Waals surface area (Å²) >= 11 is 0. The summed E-state index contributed by atoms with van der Waals surface area (Å²) in [6.45, 7) is 5.62. The van der Waals surface area contributed by atoms with Crippen LogP contribution in [0.4, 0.5) is 11.4 Å². The van der Waals surface area contributed by atoms with E-state index in [1.54, 1.807) is 0 Å². The number of nitrogens with zero attached hydrogens (tertiary/aromatic N) is 3. The van der Waals surface area contributed by atoms with Gasteiger partial charge in [-0.2, -0.15) is 5.10 Å². The van der Waals surface area contributed by atoms with Crippen LogP contribution in [0.2, 0.25) is 0 Å². The average Bonchev–Trinajstić information content (AvgIpc) is 3.07. The number of nitro groups is 1. The maximum absolute atomic E-state index is 12.8. The van der Waals surface area contributed by atoms with Crippen LogP contribution in [-0.2, 0) is 4.79 Å². The van der Waals surface area contributed by atoms with Crippen LogP contribution in [0.25, 0.3) is 10.9 Å². The quantitative estimate of drug-likeness (QED) is 0.508. The fourth-order valence-electron chi connectivity index (χ4n) is 3.30. The molecule has 0 bridgehead atoms. The normalized spacial score (nSPS) is 10.8. The summed E-state index contributed by atoms with van der Waals surface area (Å²) in [4.78, 5) is 36.9. The lowest BCUT2D eigenvalue weighted by Crippen LogP contribution is -2.35. The third-order valence-electron chi connectivity index (χ3n) is 4.63. The van der Waals surface area contributed by atoms with Crippen molar-refractivity contribution in [2.75, 3.05) is 18.9 Å². The van der Waals surface area contributed by atoms with Crippen molar-refractivity contribution in [2.45, 2.75) is 20.8 Å². The van der Waals surface area contributed by atoms with Crippen molar-refractivity contribution < 1.29 is 14.5 Å². The van der Waals surface area contributed by atoms with Crippen molar-refractivity contribution in [3.63, 3.8) is 0 Å².